The molecule has 0 aliphatic heterocycles. The first kappa shape index (κ1) is 13.0. The predicted molar refractivity (Wildman–Crippen MR) is 75.1 cm³/mol. The third-order valence-corrected chi connectivity index (χ3v) is 2.62. The fourth-order valence-corrected chi connectivity index (χ4v) is 1.52. The Hall–Kier alpha value is -2.44. The van der Waals surface area contributed by atoms with E-state index in [-0.39, 0.29) is 10.8 Å². The topological polar surface area (TPSA) is 49.3 Å². The van der Waals surface area contributed by atoms with E-state index in [9.17, 15) is 9.90 Å². The summed E-state index contributed by atoms with van der Waals surface area (Å²) >= 11 is 5.67. The number of anilines is 1. The molecule has 0 saturated carbocycles. The van der Waals surface area contributed by atoms with Crippen molar-refractivity contribution in [3.8, 4) is 17.6 Å². The summed E-state index contributed by atoms with van der Waals surface area (Å²) in [6.07, 6.45) is 0. The first-order chi connectivity index (χ1) is 9.15. The minimum Gasteiger partial charge on any atom is -0.506 e. The Morgan fingerprint density at radius 1 is 1.16 bits per heavy atom. The lowest BCUT2D eigenvalue weighted by Gasteiger charge is -2.02. The number of hydrogen-bond donors (Lipinski definition) is 2. The summed E-state index contributed by atoms with van der Waals surface area (Å²) in [6, 6.07) is 13.6. The largest absolute Gasteiger partial charge is 0.506 e. The van der Waals surface area contributed by atoms with Crippen LogP contribution in [-0.4, -0.2) is 11.0 Å². The molecule has 2 rings (SSSR count). The van der Waals surface area contributed by atoms with Gasteiger partial charge in [0.25, 0.3) is 0 Å². The molecule has 0 atom stereocenters. The Morgan fingerprint density at radius 3 is 2.58 bits per heavy atom. The van der Waals surface area contributed by atoms with Gasteiger partial charge in [0.1, 0.15) is 5.75 Å². The lowest BCUT2D eigenvalue weighted by Crippen LogP contribution is -2.08. The number of carbonyl (C=O) groups excluding carboxylic acids is 1. The van der Waals surface area contributed by atoms with Crippen LogP contribution < -0.4 is 5.32 Å². The van der Waals surface area contributed by atoms with E-state index < -0.39 is 5.91 Å². The quantitative estimate of drug-likeness (QED) is 0.783. The molecule has 0 spiro atoms. The molecule has 1 amide bonds. The molecule has 94 valence electrons. The van der Waals surface area contributed by atoms with Crippen molar-refractivity contribution in [3.05, 3.63) is 59.1 Å². The van der Waals surface area contributed by atoms with Crippen molar-refractivity contribution < 1.29 is 9.90 Å². The number of halogens is 1. The summed E-state index contributed by atoms with van der Waals surface area (Å²) in [6.45, 7) is 0. The smallest absolute Gasteiger partial charge is 0.300 e. The molecule has 2 aromatic carbocycles. The number of benzene rings is 2. The number of carbonyl (C=O) groups is 1. The number of rotatable bonds is 1. The van der Waals surface area contributed by atoms with Gasteiger partial charge < -0.3 is 10.4 Å². The van der Waals surface area contributed by atoms with Crippen molar-refractivity contribution in [2.24, 2.45) is 0 Å². The van der Waals surface area contributed by atoms with E-state index in [2.05, 4.69) is 17.2 Å². The lowest BCUT2D eigenvalue weighted by molar-refractivity contribution is -0.111. The van der Waals surface area contributed by atoms with E-state index in [0.717, 1.165) is 5.56 Å². The summed E-state index contributed by atoms with van der Waals surface area (Å²) < 4.78 is 0. The highest BCUT2D eigenvalue weighted by Crippen LogP contribution is 2.25. The predicted octanol–water partition coefficient (Wildman–Crippen LogP) is 3.04. The zero-order chi connectivity index (χ0) is 13.7. The maximum atomic E-state index is 11.6. The summed E-state index contributed by atoms with van der Waals surface area (Å²) in [7, 11) is 0. The van der Waals surface area contributed by atoms with Crippen LogP contribution in [0.2, 0.25) is 5.02 Å². The van der Waals surface area contributed by atoms with Gasteiger partial charge in [-0.2, -0.15) is 0 Å². The summed E-state index contributed by atoms with van der Waals surface area (Å²) in [5.41, 5.74) is 1.20. The second-order valence-electron chi connectivity index (χ2n) is 3.74. The van der Waals surface area contributed by atoms with Gasteiger partial charge in [0.2, 0.25) is 0 Å². The van der Waals surface area contributed by atoms with Crippen molar-refractivity contribution in [2.45, 2.75) is 0 Å². The van der Waals surface area contributed by atoms with Crippen molar-refractivity contribution >= 4 is 23.2 Å². The van der Waals surface area contributed by atoms with E-state index in [1.807, 2.05) is 30.3 Å². The molecule has 0 aliphatic carbocycles. The highest BCUT2D eigenvalue weighted by atomic mass is 35.5. The number of phenols is 1. The molecule has 4 heteroatoms. The third kappa shape index (κ3) is 3.77. The van der Waals surface area contributed by atoms with Gasteiger partial charge in [-0.05, 0) is 24.3 Å². The van der Waals surface area contributed by atoms with Crippen LogP contribution in [-0.2, 0) is 4.79 Å². The molecule has 2 N–H and O–H groups in total. The number of nitrogens with one attached hydrogen (secondary N) is 1. The van der Waals surface area contributed by atoms with E-state index in [1.165, 1.54) is 12.1 Å². The second-order valence-corrected chi connectivity index (χ2v) is 4.14. The Balaban J connectivity index is 2.06. The molecule has 0 saturated heterocycles. The van der Waals surface area contributed by atoms with Gasteiger partial charge >= 0.3 is 5.91 Å². The zero-order valence-electron chi connectivity index (χ0n) is 9.85. The molecule has 0 heterocycles. The van der Waals surface area contributed by atoms with Crippen LogP contribution in [0.4, 0.5) is 5.69 Å². The molecule has 0 aliphatic rings. The van der Waals surface area contributed by atoms with Crippen LogP contribution in [0.1, 0.15) is 5.56 Å². The fourth-order valence-electron chi connectivity index (χ4n) is 1.40. The molecular weight excluding hydrogens is 262 g/mol. The zero-order valence-corrected chi connectivity index (χ0v) is 10.6. The van der Waals surface area contributed by atoms with Crippen LogP contribution in [0.15, 0.2) is 48.5 Å². The Bertz CT molecular complexity index is 657. The van der Waals surface area contributed by atoms with Crippen LogP contribution in [0, 0.1) is 11.8 Å². The van der Waals surface area contributed by atoms with E-state index in [4.69, 9.17) is 11.6 Å². The molecule has 0 aromatic heterocycles. The molecule has 0 fully saturated rings. The average Bonchev–Trinajstić information content (AvgIpc) is 2.42. The minimum absolute atomic E-state index is 0.0875. The van der Waals surface area contributed by atoms with Crippen molar-refractivity contribution in [1.29, 1.82) is 0 Å². The molecule has 19 heavy (non-hydrogen) atoms. The maximum Gasteiger partial charge on any atom is 0.300 e. The molecular formula is C15H10ClNO2. The van der Waals surface area contributed by atoms with Gasteiger partial charge in [0.15, 0.2) is 0 Å². The monoisotopic (exact) mass is 271 g/mol. The number of amides is 1. The van der Waals surface area contributed by atoms with Gasteiger partial charge in [0.05, 0.1) is 5.02 Å². The summed E-state index contributed by atoms with van der Waals surface area (Å²) in [5, 5.41) is 12.2. The second kappa shape index (κ2) is 5.94. The van der Waals surface area contributed by atoms with E-state index >= 15 is 0 Å². The maximum absolute atomic E-state index is 11.6. The molecule has 0 unspecified atom stereocenters. The minimum atomic E-state index is -0.453. The summed E-state index contributed by atoms with van der Waals surface area (Å²) in [5.74, 6) is 4.67. The normalized spacial score (nSPS) is 9.32. The molecule has 3 nitrogen and oxygen atoms in total. The van der Waals surface area contributed by atoms with Crippen molar-refractivity contribution in [2.75, 3.05) is 5.32 Å². The van der Waals surface area contributed by atoms with Crippen LogP contribution >= 0.6 is 11.6 Å². The molecule has 2 aromatic rings. The standard InChI is InChI=1S/C15H10ClNO2/c16-13-8-7-12(10-14(13)18)17-15(19)9-6-11-4-2-1-3-5-11/h1-5,7-8,10,18H,(H,17,19). The first-order valence-corrected chi connectivity index (χ1v) is 5.89. The average molecular weight is 272 g/mol. The van der Waals surface area contributed by atoms with Gasteiger partial charge in [-0.3, -0.25) is 4.79 Å². The van der Waals surface area contributed by atoms with E-state index in [1.54, 1.807) is 6.07 Å². The van der Waals surface area contributed by atoms with Crippen LogP contribution in [0.5, 0.6) is 5.75 Å². The van der Waals surface area contributed by atoms with Crippen molar-refractivity contribution in [1.82, 2.24) is 0 Å². The van der Waals surface area contributed by atoms with Gasteiger partial charge in [-0.1, -0.05) is 35.7 Å². The Kier molecular flexibility index (Phi) is 4.07. The highest BCUT2D eigenvalue weighted by Gasteiger charge is 2.02. The van der Waals surface area contributed by atoms with E-state index in [0.29, 0.717) is 5.69 Å². The molecule has 0 bridgehead atoms. The fraction of sp³-hybridized carbons (Fsp3) is 0. The lowest BCUT2D eigenvalue weighted by atomic mass is 10.2. The SMILES string of the molecule is O=C(C#Cc1ccccc1)Nc1ccc(Cl)c(O)c1. The van der Waals surface area contributed by atoms with Gasteiger partial charge in [0, 0.05) is 23.2 Å². The number of hydrogen-bond acceptors (Lipinski definition) is 2. The Morgan fingerprint density at radius 2 is 1.89 bits per heavy atom. The highest BCUT2D eigenvalue weighted by molar-refractivity contribution is 6.32. The number of aromatic hydroxyl groups is 1. The van der Waals surface area contributed by atoms with Crippen LogP contribution in [0.25, 0.3) is 0 Å². The van der Waals surface area contributed by atoms with Crippen molar-refractivity contribution in [3.63, 3.8) is 0 Å². The number of phenolic OH excluding ortho intramolecular Hbond substituents is 1. The van der Waals surface area contributed by atoms with Gasteiger partial charge in [-0.15, -0.1) is 0 Å². The molecule has 0 radical (unpaired) electrons. The third-order valence-electron chi connectivity index (χ3n) is 2.30. The summed E-state index contributed by atoms with van der Waals surface area (Å²) in [4.78, 5) is 11.6. The first-order valence-electron chi connectivity index (χ1n) is 5.52. The van der Waals surface area contributed by atoms with Crippen LogP contribution in [0.3, 0.4) is 0 Å². The Labute approximate surface area is 115 Å². The van der Waals surface area contributed by atoms with Gasteiger partial charge in [-0.25, -0.2) is 0 Å².